The zero-order valence-corrected chi connectivity index (χ0v) is 21.8. The van der Waals surface area contributed by atoms with Crippen molar-refractivity contribution in [3.8, 4) is 23.0 Å². The monoisotopic (exact) mass is 540 g/mol. The molecule has 0 aromatic heterocycles. The summed E-state index contributed by atoms with van der Waals surface area (Å²) in [4.78, 5) is 13.9. The molecule has 1 saturated heterocycles. The molecule has 0 atom stereocenters. The molecule has 188 valence electrons. The van der Waals surface area contributed by atoms with Crippen molar-refractivity contribution in [1.82, 2.24) is 0 Å². The number of rotatable bonds is 2. The number of fused-ring (bicyclic) bond motifs is 4. The number of hydrogen-bond acceptors (Lipinski definition) is 6. The quantitative estimate of drug-likeness (QED) is 0.223. The maximum absolute atomic E-state index is 6.53. The molecule has 0 unspecified atom stereocenters. The first-order chi connectivity index (χ1) is 18.6. The van der Waals surface area contributed by atoms with E-state index in [-0.39, 0.29) is 0 Å². The molecule has 0 N–H and O–H groups in total. The highest BCUT2D eigenvalue weighted by atomic mass is 35.5. The van der Waals surface area contributed by atoms with Crippen LogP contribution in [0.3, 0.4) is 0 Å². The number of benzene rings is 4. The molecule has 3 heterocycles. The average Bonchev–Trinajstić information content (AvgIpc) is 3.24. The van der Waals surface area contributed by atoms with E-state index in [9.17, 15) is 0 Å². The number of nitrogens with zero attached hydrogens (tertiary/aromatic N) is 4. The van der Waals surface area contributed by atoms with Gasteiger partial charge in [0, 0.05) is 59.8 Å². The molecule has 4 aromatic rings. The second-order valence-electron chi connectivity index (χ2n) is 9.32. The Morgan fingerprint density at radius 1 is 0.579 bits per heavy atom. The van der Waals surface area contributed by atoms with E-state index >= 15 is 0 Å². The number of para-hydroxylation sites is 2. The second-order valence-corrected chi connectivity index (χ2v) is 10.2. The minimum absolute atomic E-state index is 0.623. The van der Waals surface area contributed by atoms with E-state index < -0.39 is 0 Å². The predicted molar refractivity (Wildman–Crippen MR) is 155 cm³/mol. The molecule has 0 aliphatic carbocycles. The van der Waals surface area contributed by atoms with Crippen LogP contribution in [-0.2, 0) is 0 Å². The molecule has 0 spiro atoms. The molecule has 3 aliphatic heterocycles. The van der Waals surface area contributed by atoms with Gasteiger partial charge in [0.05, 0.1) is 11.4 Å². The highest BCUT2D eigenvalue weighted by molar-refractivity contribution is 6.31. The van der Waals surface area contributed by atoms with Crippen molar-refractivity contribution >= 4 is 58.4 Å². The second kappa shape index (κ2) is 9.39. The van der Waals surface area contributed by atoms with Crippen LogP contribution in [0.25, 0.3) is 0 Å². The summed E-state index contributed by atoms with van der Waals surface area (Å²) < 4.78 is 12.8. The van der Waals surface area contributed by atoms with Crippen molar-refractivity contribution in [2.75, 3.05) is 36.0 Å². The topological polar surface area (TPSA) is 49.7 Å². The molecule has 6 nitrogen and oxygen atoms in total. The van der Waals surface area contributed by atoms with Crippen LogP contribution in [0.2, 0.25) is 10.0 Å². The minimum Gasteiger partial charge on any atom is -0.452 e. The zero-order chi connectivity index (χ0) is 25.6. The molecule has 0 bridgehead atoms. The Kier molecular flexibility index (Phi) is 5.72. The van der Waals surface area contributed by atoms with Gasteiger partial charge in [-0.05, 0) is 48.5 Å². The van der Waals surface area contributed by atoms with E-state index in [4.69, 9.17) is 32.7 Å². The highest BCUT2D eigenvalue weighted by Gasteiger charge is 2.27. The van der Waals surface area contributed by atoms with E-state index in [1.54, 1.807) is 0 Å². The fraction of sp³-hybridized carbons (Fsp3) is 0.133. The van der Waals surface area contributed by atoms with Gasteiger partial charge < -0.3 is 19.3 Å². The van der Waals surface area contributed by atoms with Gasteiger partial charge in [-0.15, -0.1) is 0 Å². The van der Waals surface area contributed by atoms with Gasteiger partial charge in [0.1, 0.15) is 22.9 Å². The van der Waals surface area contributed by atoms with Gasteiger partial charge in [-0.3, -0.25) is 9.98 Å². The Balaban J connectivity index is 1.19. The first-order valence-electron chi connectivity index (χ1n) is 12.4. The van der Waals surface area contributed by atoms with Crippen molar-refractivity contribution in [3.05, 3.63) is 94.0 Å². The molecule has 1 fully saturated rings. The number of halogens is 2. The highest BCUT2D eigenvalue weighted by Crippen LogP contribution is 2.47. The fourth-order valence-corrected chi connectivity index (χ4v) is 5.46. The van der Waals surface area contributed by atoms with E-state index in [0.29, 0.717) is 10.0 Å². The van der Waals surface area contributed by atoms with Gasteiger partial charge in [-0.25, -0.2) is 0 Å². The van der Waals surface area contributed by atoms with Gasteiger partial charge in [0.2, 0.25) is 0 Å². The van der Waals surface area contributed by atoms with Crippen LogP contribution in [0.4, 0.5) is 22.7 Å². The third kappa shape index (κ3) is 4.16. The first-order valence-corrected chi connectivity index (χ1v) is 13.2. The summed E-state index contributed by atoms with van der Waals surface area (Å²) in [6, 6.07) is 23.4. The fourth-order valence-electron chi connectivity index (χ4n) is 5.05. The Hall–Kier alpha value is -4.00. The number of hydrogen-bond donors (Lipinski definition) is 0. The number of anilines is 2. The predicted octanol–water partition coefficient (Wildman–Crippen LogP) is 8.03. The van der Waals surface area contributed by atoms with Crippen LogP contribution in [0.1, 0.15) is 11.1 Å². The lowest BCUT2D eigenvalue weighted by molar-refractivity contribution is 0.478. The third-order valence-electron chi connectivity index (χ3n) is 6.94. The Morgan fingerprint density at radius 3 is 1.45 bits per heavy atom. The molecule has 0 amide bonds. The van der Waals surface area contributed by atoms with Gasteiger partial charge in [-0.2, -0.15) is 0 Å². The smallest absolute Gasteiger partial charge is 0.176 e. The van der Waals surface area contributed by atoms with E-state index in [1.807, 2.05) is 85.2 Å². The summed E-state index contributed by atoms with van der Waals surface area (Å²) >= 11 is 13.1. The van der Waals surface area contributed by atoms with Crippen LogP contribution in [0.5, 0.6) is 23.0 Å². The molecular formula is C30H22Cl2N4O2. The Bertz CT molecular complexity index is 1510. The van der Waals surface area contributed by atoms with Gasteiger partial charge in [0.25, 0.3) is 0 Å². The third-order valence-corrected chi connectivity index (χ3v) is 7.37. The largest absolute Gasteiger partial charge is 0.452 e. The van der Waals surface area contributed by atoms with Gasteiger partial charge in [0.15, 0.2) is 11.5 Å². The normalized spacial score (nSPS) is 15.3. The van der Waals surface area contributed by atoms with Crippen molar-refractivity contribution in [1.29, 1.82) is 0 Å². The van der Waals surface area contributed by atoms with Gasteiger partial charge in [-0.1, -0.05) is 47.5 Å². The van der Waals surface area contributed by atoms with E-state index in [1.165, 1.54) is 0 Å². The molecule has 4 aromatic carbocycles. The van der Waals surface area contributed by atoms with Crippen LogP contribution < -0.4 is 19.3 Å². The molecule has 0 saturated carbocycles. The van der Waals surface area contributed by atoms with Crippen molar-refractivity contribution in [2.45, 2.75) is 0 Å². The first kappa shape index (κ1) is 23.1. The van der Waals surface area contributed by atoms with Crippen LogP contribution in [0.15, 0.2) is 82.8 Å². The Labute approximate surface area is 230 Å². The maximum atomic E-state index is 6.53. The summed E-state index contributed by atoms with van der Waals surface area (Å²) in [6.45, 7) is 3.01. The van der Waals surface area contributed by atoms with E-state index in [0.717, 1.165) is 83.1 Å². The lowest BCUT2D eigenvalue weighted by atomic mass is 10.1. The average molecular weight is 541 g/mol. The summed E-state index contributed by atoms with van der Waals surface area (Å²) in [7, 11) is 0. The summed E-state index contributed by atoms with van der Waals surface area (Å²) in [5.41, 5.74) is 5.16. The maximum Gasteiger partial charge on any atom is 0.176 e. The minimum atomic E-state index is 0.623. The molecule has 3 aliphatic rings. The lowest BCUT2D eigenvalue weighted by Gasteiger charge is -2.38. The van der Waals surface area contributed by atoms with Crippen molar-refractivity contribution in [2.24, 2.45) is 9.98 Å². The standard InChI is InChI=1S/C30H22Cl2N4O2/c31-21-13-23-29(37-27-7-3-1-5-19(27)17-33-23)25(15-21)35-9-11-36(12-10-35)26-16-22(32)14-24-30(26)38-28-8-4-2-6-20(28)18-34-24/h1-8,13-18H,9-12H2. The summed E-state index contributed by atoms with van der Waals surface area (Å²) in [6.07, 6.45) is 3.65. The van der Waals surface area contributed by atoms with Crippen LogP contribution in [-0.4, -0.2) is 38.6 Å². The summed E-state index contributed by atoms with van der Waals surface area (Å²) in [5, 5.41) is 1.25. The molecular weight excluding hydrogens is 519 g/mol. The van der Waals surface area contributed by atoms with Crippen LogP contribution >= 0.6 is 23.2 Å². The zero-order valence-electron chi connectivity index (χ0n) is 20.3. The number of piperazine rings is 1. The SMILES string of the molecule is Clc1cc2c(c(N3CCN(c4cc(Cl)cc5c4Oc4ccccc4C=N5)CC3)c1)Oc1ccccc1C=N2. The Morgan fingerprint density at radius 2 is 1.00 bits per heavy atom. The van der Waals surface area contributed by atoms with Crippen molar-refractivity contribution in [3.63, 3.8) is 0 Å². The van der Waals surface area contributed by atoms with E-state index in [2.05, 4.69) is 19.8 Å². The van der Waals surface area contributed by atoms with Crippen LogP contribution in [0, 0.1) is 0 Å². The number of aliphatic imine (C=N–C) groups is 2. The molecule has 38 heavy (non-hydrogen) atoms. The molecule has 0 radical (unpaired) electrons. The summed E-state index contributed by atoms with van der Waals surface area (Å²) in [5.74, 6) is 2.98. The van der Waals surface area contributed by atoms with Crippen molar-refractivity contribution < 1.29 is 9.47 Å². The molecule has 7 rings (SSSR count). The lowest BCUT2D eigenvalue weighted by Crippen LogP contribution is -2.46. The van der Waals surface area contributed by atoms with Gasteiger partial charge >= 0.3 is 0 Å². The molecule has 8 heteroatoms. The number of ether oxygens (including phenoxy) is 2.